The van der Waals surface area contributed by atoms with Crippen LogP contribution in [0.25, 0.3) is 0 Å². The van der Waals surface area contributed by atoms with Crippen molar-refractivity contribution in [3.63, 3.8) is 0 Å². The monoisotopic (exact) mass is 403 g/mol. The van der Waals surface area contributed by atoms with E-state index in [0.29, 0.717) is 17.3 Å². The Morgan fingerprint density at radius 2 is 1.79 bits per heavy atom. The van der Waals surface area contributed by atoms with Gasteiger partial charge in [-0.25, -0.2) is 4.99 Å². The fourth-order valence-corrected chi connectivity index (χ4v) is 3.75. The van der Waals surface area contributed by atoms with Crippen molar-refractivity contribution >= 4 is 33.5 Å². The van der Waals surface area contributed by atoms with Crippen molar-refractivity contribution in [2.75, 3.05) is 4.90 Å². The van der Waals surface area contributed by atoms with Crippen LogP contribution in [0.4, 0.5) is 18.9 Å². The third-order valence-electron chi connectivity index (χ3n) is 4.36. The van der Waals surface area contributed by atoms with Crippen molar-refractivity contribution in [1.29, 1.82) is 0 Å². The maximum absolute atomic E-state index is 13.5. The van der Waals surface area contributed by atoms with Gasteiger partial charge in [-0.1, -0.05) is 22.4 Å². The highest BCUT2D eigenvalue weighted by Gasteiger charge is 2.46. The summed E-state index contributed by atoms with van der Waals surface area (Å²) in [4.78, 5) is 9.71. The lowest BCUT2D eigenvalue weighted by molar-refractivity contribution is -0.137. The Labute approximate surface area is 145 Å². The van der Waals surface area contributed by atoms with E-state index in [1.807, 2.05) is 0 Å². The Kier molecular flexibility index (Phi) is 4.23. The molecule has 1 aliphatic carbocycles. The SMILES string of the molecule is NC1=NC2(CCCCC2)N(c2cc(Br)ccc2C(F)(F)F)C(N)=N1. The maximum Gasteiger partial charge on any atom is 0.418 e. The standard InChI is InChI=1S/C15H17BrF3N5/c16-9-4-5-10(15(17,18)19)11(8-9)24-13(21)22-12(20)23-14(24)6-2-1-3-7-14/h4-5,8H,1-3,6-7H2,(H4,20,21,22,23). The average molecular weight is 404 g/mol. The molecule has 1 aliphatic heterocycles. The number of rotatable bonds is 1. The third kappa shape index (κ3) is 2.97. The van der Waals surface area contributed by atoms with Crippen LogP contribution >= 0.6 is 15.9 Å². The molecule has 3 rings (SSSR count). The number of nitrogens with two attached hydrogens (primary N) is 2. The summed E-state index contributed by atoms with van der Waals surface area (Å²) in [5, 5.41) is 0. The molecular formula is C15H17BrF3N5. The van der Waals surface area contributed by atoms with E-state index >= 15 is 0 Å². The Balaban J connectivity index is 2.19. The zero-order valence-electron chi connectivity index (χ0n) is 12.8. The molecule has 0 saturated heterocycles. The second-order valence-corrected chi connectivity index (χ2v) is 6.89. The predicted molar refractivity (Wildman–Crippen MR) is 90.7 cm³/mol. The maximum atomic E-state index is 13.5. The Hall–Kier alpha value is -1.77. The number of benzene rings is 1. The Bertz CT molecular complexity index is 708. The van der Waals surface area contributed by atoms with Gasteiger partial charge in [0.2, 0.25) is 11.9 Å². The number of guanidine groups is 2. The summed E-state index contributed by atoms with van der Waals surface area (Å²) < 4.78 is 41.1. The molecule has 0 amide bonds. The topological polar surface area (TPSA) is 80.0 Å². The minimum atomic E-state index is -4.52. The summed E-state index contributed by atoms with van der Waals surface area (Å²) in [7, 11) is 0. The van der Waals surface area contributed by atoms with Gasteiger partial charge in [-0.05, 0) is 43.9 Å². The summed E-state index contributed by atoms with van der Waals surface area (Å²) in [6.45, 7) is 0. The van der Waals surface area contributed by atoms with Crippen LogP contribution in [0, 0.1) is 0 Å². The molecule has 4 N–H and O–H groups in total. The van der Waals surface area contributed by atoms with Gasteiger partial charge < -0.3 is 11.5 Å². The molecule has 0 aromatic heterocycles. The normalized spacial score (nSPS) is 20.8. The molecule has 0 atom stereocenters. The number of nitrogens with zero attached hydrogens (tertiary/aromatic N) is 3. The van der Waals surface area contributed by atoms with E-state index in [9.17, 15) is 13.2 Å². The Morgan fingerprint density at radius 3 is 2.42 bits per heavy atom. The zero-order chi connectivity index (χ0) is 17.5. The van der Waals surface area contributed by atoms with Crippen molar-refractivity contribution in [1.82, 2.24) is 0 Å². The highest BCUT2D eigenvalue weighted by Crippen LogP contribution is 2.45. The summed E-state index contributed by atoms with van der Waals surface area (Å²) in [5.74, 6) is -0.0535. The molecule has 0 unspecified atom stereocenters. The van der Waals surface area contributed by atoms with Gasteiger partial charge in [0.25, 0.3) is 0 Å². The molecule has 1 saturated carbocycles. The molecule has 5 nitrogen and oxygen atoms in total. The lowest BCUT2D eigenvalue weighted by Gasteiger charge is -2.46. The van der Waals surface area contributed by atoms with Crippen molar-refractivity contribution in [3.05, 3.63) is 28.2 Å². The van der Waals surface area contributed by atoms with Gasteiger partial charge in [0.15, 0.2) is 0 Å². The fraction of sp³-hybridized carbons (Fsp3) is 0.467. The van der Waals surface area contributed by atoms with Gasteiger partial charge in [-0.15, -0.1) is 0 Å². The molecule has 1 spiro atoms. The van der Waals surface area contributed by atoms with Crippen molar-refractivity contribution < 1.29 is 13.2 Å². The number of alkyl halides is 3. The fourth-order valence-electron chi connectivity index (χ4n) is 3.40. The van der Waals surface area contributed by atoms with Gasteiger partial charge in [-0.2, -0.15) is 18.2 Å². The molecule has 9 heteroatoms. The van der Waals surface area contributed by atoms with E-state index in [-0.39, 0.29) is 17.6 Å². The molecule has 1 fully saturated rings. The van der Waals surface area contributed by atoms with Crippen molar-refractivity contribution in [2.24, 2.45) is 21.5 Å². The summed E-state index contributed by atoms with van der Waals surface area (Å²) in [6.07, 6.45) is -0.668. The van der Waals surface area contributed by atoms with Gasteiger partial charge in [0, 0.05) is 4.47 Å². The minimum absolute atomic E-state index is 0.00852. The molecule has 0 radical (unpaired) electrons. The van der Waals surface area contributed by atoms with Crippen LogP contribution in [-0.4, -0.2) is 17.6 Å². The van der Waals surface area contributed by atoms with Gasteiger partial charge in [0.05, 0.1) is 11.3 Å². The number of aliphatic imine (C=N–C) groups is 2. The highest BCUT2D eigenvalue weighted by atomic mass is 79.9. The van der Waals surface area contributed by atoms with E-state index in [1.165, 1.54) is 17.0 Å². The van der Waals surface area contributed by atoms with Gasteiger partial charge in [0.1, 0.15) is 5.66 Å². The lowest BCUT2D eigenvalue weighted by Crippen LogP contribution is -2.58. The number of hydrogen-bond donors (Lipinski definition) is 2. The quantitative estimate of drug-likeness (QED) is 0.751. The van der Waals surface area contributed by atoms with Crippen LogP contribution in [-0.2, 0) is 6.18 Å². The van der Waals surface area contributed by atoms with E-state index in [0.717, 1.165) is 25.3 Å². The van der Waals surface area contributed by atoms with Crippen LogP contribution in [0.5, 0.6) is 0 Å². The van der Waals surface area contributed by atoms with Gasteiger partial charge >= 0.3 is 6.18 Å². The molecule has 24 heavy (non-hydrogen) atoms. The smallest absolute Gasteiger partial charge is 0.369 e. The van der Waals surface area contributed by atoms with Crippen LogP contribution in [0.3, 0.4) is 0 Å². The Morgan fingerprint density at radius 1 is 1.12 bits per heavy atom. The number of hydrogen-bond acceptors (Lipinski definition) is 5. The summed E-state index contributed by atoms with van der Waals surface area (Å²) in [6, 6.07) is 3.79. The largest absolute Gasteiger partial charge is 0.418 e. The van der Waals surface area contributed by atoms with E-state index < -0.39 is 17.4 Å². The van der Waals surface area contributed by atoms with Crippen LogP contribution in [0.1, 0.15) is 37.7 Å². The minimum Gasteiger partial charge on any atom is -0.369 e. The highest BCUT2D eigenvalue weighted by molar-refractivity contribution is 9.10. The molecule has 1 aromatic rings. The number of halogens is 4. The molecule has 1 aromatic carbocycles. The number of anilines is 1. The zero-order valence-corrected chi connectivity index (χ0v) is 14.4. The van der Waals surface area contributed by atoms with Crippen LogP contribution in [0.15, 0.2) is 32.7 Å². The van der Waals surface area contributed by atoms with Crippen LogP contribution in [0.2, 0.25) is 0 Å². The van der Waals surface area contributed by atoms with Crippen LogP contribution < -0.4 is 16.4 Å². The average Bonchev–Trinajstić information content (AvgIpc) is 2.45. The van der Waals surface area contributed by atoms with E-state index in [1.54, 1.807) is 0 Å². The van der Waals surface area contributed by atoms with Crippen molar-refractivity contribution in [3.8, 4) is 0 Å². The second-order valence-electron chi connectivity index (χ2n) is 5.98. The first-order valence-electron chi connectivity index (χ1n) is 7.59. The second kappa shape index (κ2) is 5.94. The van der Waals surface area contributed by atoms with E-state index in [2.05, 4.69) is 25.9 Å². The molecular weight excluding hydrogens is 387 g/mol. The van der Waals surface area contributed by atoms with E-state index in [4.69, 9.17) is 11.5 Å². The molecule has 1 heterocycles. The van der Waals surface area contributed by atoms with Crippen molar-refractivity contribution in [2.45, 2.75) is 43.9 Å². The molecule has 0 bridgehead atoms. The lowest BCUT2D eigenvalue weighted by atomic mass is 9.87. The predicted octanol–water partition coefficient (Wildman–Crippen LogP) is 3.58. The molecule has 2 aliphatic rings. The first-order valence-corrected chi connectivity index (χ1v) is 8.39. The first kappa shape index (κ1) is 17.1. The first-order chi connectivity index (χ1) is 11.2. The molecule has 130 valence electrons. The summed E-state index contributed by atoms with van der Waals surface area (Å²) >= 11 is 3.24. The third-order valence-corrected chi connectivity index (χ3v) is 4.85. The van der Waals surface area contributed by atoms with Gasteiger partial charge in [-0.3, -0.25) is 4.90 Å². The summed E-state index contributed by atoms with van der Waals surface area (Å²) in [5.41, 5.74) is 10.0.